The molecule has 1 heterocycles. The van der Waals surface area contributed by atoms with Crippen molar-refractivity contribution in [2.24, 2.45) is 0 Å². The first kappa shape index (κ1) is 16.4. The molecule has 0 fully saturated rings. The number of non-ortho nitro benzene ring substituents is 1. The molecule has 2 aromatic rings. The Kier molecular flexibility index (Phi) is 4.91. The number of nitro benzene ring substituents is 1. The first-order chi connectivity index (χ1) is 10.9. The lowest BCUT2D eigenvalue weighted by Gasteiger charge is -2.09. The minimum atomic E-state index is -1.64. The quantitative estimate of drug-likeness (QED) is 0.476. The fourth-order valence-corrected chi connectivity index (χ4v) is 1.97. The summed E-state index contributed by atoms with van der Waals surface area (Å²) in [5.74, 6) is -2.55. The molecule has 0 unspecified atom stereocenters. The van der Waals surface area contributed by atoms with Crippen LogP contribution in [0.4, 0.5) is 5.69 Å². The molecule has 2 rings (SSSR count). The lowest BCUT2D eigenvalue weighted by molar-refractivity contribution is -0.384. The summed E-state index contributed by atoms with van der Waals surface area (Å²) in [5, 5.41) is 24.0. The van der Waals surface area contributed by atoms with Gasteiger partial charge < -0.3 is 19.6 Å². The molecule has 118 valence electrons. The van der Waals surface area contributed by atoms with E-state index in [1.54, 1.807) is 0 Å². The highest BCUT2D eigenvalue weighted by Gasteiger charge is 2.13. The lowest BCUT2D eigenvalue weighted by Crippen LogP contribution is -2.35. The van der Waals surface area contributed by atoms with Gasteiger partial charge in [0, 0.05) is 12.1 Å². The maximum absolute atomic E-state index is 11.9. The van der Waals surface area contributed by atoms with Crippen molar-refractivity contribution in [2.75, 3.05) is 0 Å². The van der Waals surface area contributed by atoms with Crippen LogP contribution in [0.2, 0.25) is 0 Å². The molecule has 1 aromatic heterocycles. The van der Waals surface area contributed by atoms with Crippen molar-refractivity contribution in [3.63, 3.8) is 0 Å². The van der Waals surface area contributed by atoms with Crippen LogP contribution >= 0.6 is 15.9 Å². The number of furan rings is 1. The van der Waals surface area contributed by atoms with E-state index in [9.17, 15) is 24.8 Å². The standard InChI is InChI=1S/C14H9BrN2O6/c15-12-5-4-11(23-12)13(18)16-10(14(19)20)7-8-2-1-3-9(6-8)17(21)22/h1-7H,(H,16,18)(H,19,20)/p-1/b10-7+. The first-order valence-corrected chi connectivity index (χ1v) is 6.90. The number of amides is 1. The van der Waals surface area contributed by atoms with E-state index in [4.69, 9.17) is 4.42 Å². The number of carbonyl (C=O) groups excluding carboxylic acids is 2. The fourth-order valence-electron chi connectivity index (χ4n) is 1.66. The van der Waals surface area contributed by atoms with Crippen LogP contribution in [0, 0.1) is 10.1 Å². The number of hydrogen-bond donors (Lipinski definition) is 1. The van der Waals surface area contributed by atoms with Crippen LogP contribution in [0.25, 0.3) is 6.08 Å². The molecule has 8 nitrogen and oxygen atoms in total. The molecule has 1 amide bonds. The molecule has 1 N–H and O–H groups in total. The zero-order valence-corrected chi connectivity index (χ0v) is 12.9. The van der Waals surface area contributed by atoms with Gasteiger partial charge in [0.05, 0.1) is 16.6 Å². The number of carboxylic acid groups (broad SMARTS) is 1. The number of hydrogen-bond acceptors (Lipinski definition) is 6. The summed E-state index contributed by atoms with van der Waals surface area (Å²) < 4.78 is 5.31. The Hall–Kier alpha value is -2.94. The Morgan fingerprint density at radius 2 is 2.00 bits per heavy atom. The summed E-state index contributed by atoms with van der Waals surface area (Å²) in [5.41, 5.74) is -0.542. The Balaban J connectivity index is 2.27. The van der Waals surface area contributed by atoms with E-state index in [0.717, 1.165) is 6.08 Å². The van der Waals surface area contributed by atoms with Gasteiger partial charge in [0.1, 0.15) is 0 Å². The van der Waals surface area contributed by atoms with Crippen molar-refractivity contribution in [1.29, 1.82) is 0 Å². The maximum Gasteiger partial charge on any atom is 0.291 e. The molecule has 23 heavy (non-hydrogen) atoms. The molecule has 0 aliphatic carbocycles. The zero-order chi connectivity index (χ0) is 17.0. The molecule has 0 spiro atoms. The number of rotatable bonds is 5. The van der Waals surface area contributed by atoms with Crippen molar-refractivity contribution in [2.45, 2.75) is 0 Å². The predicted octanol–water partition coefficient (Wildman–Crippen LogP) is 1.47. The van der Waals surface area contributed by atoms with Crippen LogP contribution in [0.15, 0.2) is 51.2 Å². The highest BCUT2D eigenvalue weighted by molar-refractivity contribution is 9.10. The number of nitrogens with zero attached hydrogens (tertiary/aromatic N) is 1. The van der Waals surface area contributed by atoms with E-state index in [1.807, 2.05) is 0 Å². The lowest BCUT2D eigenvalue weighted by atomic mass is 10.1. The summed E-state index contributed by atoms with van der Waals surface area (Å²) in [7, 11) is 0. The number of carbonyl (C=O) groups is 2. The average Bonchev–Trinajstić information content (AvgIpc) is 2.93. The van der Waals surface area contributed by atoms with Crippen LogP contribution in [0.5, 0.6) is 0 Å². The molecule has 0 saturated carbocycles. The normalized spacial score (nSPS) is 11.1. The third kappa shape index (κ3) is 4.27. The van der Waals surface area contributed by atoms with Gasteiger partial charge >= 0.3 is 0 Å². The largest absolute Gasteiger partial charge is 0.543 e. The van der Waals surface area contributed by atoms with Crippen molar-refractivity contribution in [3.8, 4) is 0 Å². The first-order valence-electron chi connectivity index (χ1n) is 6.11. The SMILES string of the molecule is O=C([O-])/C(=C\c1cccc([N+](=O)[O-])c1)NC(=O)c1ccc(Br)o1. The van der Waals surface area contributed by atoms with Crippen LogP contribution < -0.4 is 10.4 Å². The summed E-state index contributed by atoms with van der Waals surface area (Å²) in [6.45, 7) is 0. The zero-order valence-electron chi connectivity index (χ0n) is 11.3. The minimum absolute atomic E-state index is 0.108. The van der Waals surface area contributed by atoms with Gasteiger partial charge in [-0.1, -0.05) is 12.1 Å². The number of nitro groups is 1. The fraction of sp³-hybridized carbons (Fsp3) is 0. The van der Waals surface area contributed by atoms with Crippen LogP contribution in [0.1, 0.15) is 16.1 Å². The Labute approximate surface area is 137 Å². The van der Waals surface area contributed by atoms with Gasteiger partial charge in [0.2, 0.25) is 0 Å². The third-order valence-electron chi connectivity index (χ3n) is 2.66. The van der Waals surface area contributed by atoms with Gasteiger partial charge in [0.25, 0.3) is 11.6 Å². The second-order valence-corrected chi connectivity index (χ2v) is 5.04. The molecule has 0 aliphatic rings. The van der Waals surface area contributed by atoms with Crippen LogP contribution in [-0.2, 0) is 4.79 Å². The summed E-state index contributed by atoms with van der Waals surface area (Å²) in [6.07, 6.45) is 1.05. The second-order valence-electron chi connectivity index (χ2n) is 4.26. The number of benzene rings is 1. The maximum atomic E-state index is 11.9. The smallest absolute Gasteiger partial charge is 0.291 e. The highest BCUT2D eigenvalue weighted by Crippen LogP contribution is 2.16. The van der Waals surface area contributed by atoms with E-state index in [1.165, 1.54) is 36.4 Å². The monoisotopic (exact) mass is 379 g/mol. The molecule has 9 heteroatoms. The number of nitrogens with one attached hydrogen (secondary N) is 1. The molecular formula is C14H8BrN2O6-. The highest BCUT2D eigenvalue weighted by atomic mass is 79.9. The average molecular weight is 380 g/mol. The molecule has 0 atom stereocenters. The Morgan fingerprint density at radius 1 is 1.26 bits per heavy atom. The molecule has 0 radical (unpaired) electrons. The van der Waals surface area contributed by atoms with Gasteiger partial charge in [-0.2, -0.15) is 0 Å². The van der Waals surface area contributed by atoms with Gasteiger partial charge in [-0.3, -0.25) is 14.9 Å². The summed E-state index contributed by atoms with van der Waals surface area (Å²) >= 11 is 3.02. The topological polar surface area (TPSA) is 126 Å². The Morgan fingerprint density at radius 3 is 2.57 bits per heavy atom. The molecule has 0 aliphatic heterocycles. The van der Waals surface area contributed by atoms with E-state index < -0.39 is 22.5 Å². The van der Waals surface area contributed by atoms with E-state index in [-0.39, 0.29) is 17.0 Å². The van der Waals surface area contributed by atoms with E-state index in [2.05, 4.69) is 21.2 Å². The van der Waals surface area contributed by atoms with Gasteiger partial charge in [-0.05, 0) is 39.7 Å². The summed E-state index contributed by atoms with van der Waals surface area (Å²) in [6, 6.07) is 8.08. The number of halogens is 1. The second kappa shape index (κ2) is 6.88. The summed E-state index contributed by atoms with van der Waals surface area (Å²) in [4.78, 5) is 33.1. The molecular weight excluding hydrogens is 372 g/mol. The Bertz CT molecular complexity index is 811. The molecule has 0 bridgehead atoms. The van der Waals surface area contributed by atoms with Gasteiger partial charge in [-0.25, -0.2) is 0 Å². The van der Waals surface area contributed by atoms with Crippen LogP contribution in [-0.4, -0.2) is 16.8 Å². The predicted molar refractivity (Wildman–Crippen MR) is 80.0 cm³/mol. The van der Waals surface area contributed by atoms with Crippen molar-refractivity contribution >= 4 is 39.6 Å². The van der Waals surface area contributed by atoms with Crippen LogP contribution in [0.3, 0.4) is 0 Å². The van der Waals surface area contributed by atoms with Crippen molar-refractivity contribution in [3.05, 3.63) is 68.2 Å². The van der Waals surface area contributed by atoms with E-state index in [0.29, 0.717) is 4.67 Å². The molecule has 1 aromatic carbocycles. The van der Waals surface area contributed by atoms with E-state index >= 15 is 0 Å². The van der Waals surface area contributed by atoms with Crippen molar-refractivity contribution < 1.29 is 24.0 Å². The van der Waals surface area contributed by atoms with Gasteiger partial charge in [-0.15, -0.1) is 0 Å². The van der Waals surface area contributed by atoms with Gasteiger partial charge in [0.15, 0.2) is 10.4 Å². The van der Waals surface area contributed by atoms with Crippen molar-refractivity contribution in [1.82, 2.24) is 5.32 Å². The number of aliphatic carboxylic acids is 1. The minimum Gasteiger partial charge on any atom is -0.543 e. The molecule has 0 saturated heterocycles. The third-order valence-corrected chi connectivity index (χ3v) is 3.08. The number of carboxylic acids is 1.